The van der Waals surface area contributed by atoms with Crippen LogP contribution in [0.15, 0.2) is 12.2 Å². The Morgan fingerprint density at radius 3 is 1.71 bits per heavy atom. The van der Waals surface area contributed by atoms with E-state index in [4.69, 9.17) is 10.2 Å². The summed E-state index contributed by atoms with van der Waals surface area (Å²) >= 11 is 0. The zero-order chi connectivity index (χ0) is 11.9. The van der Waals surface area contributed by atoms with Crippen molar-refractivity contribution >= 4 is 5.97 Å². The molecule has 0 aliphatic carbocycles. The van der Waals surface area contributed by atoms with Crippen LogP contribution in [-0.2, 0) is 4.79 Å². The lowest BCUT2D eigenvalue weighted by molar-refractivity contribution is -0.873. The molecule has 0 aromatic rings. The van der Waals surface area contributed by atoms with Crippen LogP contribution in [0.25, 0.3) is 0 Å². The quantitative estimate of drug-likeness (QED) is 0.526. The third kappa shape index (κ3) is 17.3. The number of carboxylic acid groups (broad SMARTS) is 1. The van der Waals surface area contributed by atoms with E-state index in [1.54, 1.807) is 0 Å². The fraction of sp³-hybridized carbons (Fsp3) is 0.700. The van der Waals surface area contributed by atoms with Crippen LogP contribution in [0.2, 0.25) is 0 Å². The average molecular weight is 204 g/mol. The van der Waals surface area contributed by atoms with Gasteiger partial charge in [0.25, 0.3) is 0 Å². The molecule has 0 spiro atoms. The van der Waals surface area contributed by atoms with Gasteiger partial charge in [-0.05, 0) is 13.8 Å². The molecule has 0 radical (unpaired) electrons. The molecule has 84 valence electrons. The maximum absolute atomic E-state index is 9.60. The number of carbonyl (C=O) groups is 1. The zero-order valence-electron chi connectivity index (χ0n) is 9.74. The fourth-order valence-corrected chi connectivity index (χ4v) is 0.793. The number of likely N-dealkylation sites (N-methyl/N-ethyl adjacent to an activating group) is 1. The van der Waals surface area contributed by atoms with Crippen molar-refractivity contribution in [1.29, 1.82) is 0 Å². The SMILES string of the molecule is C=C(C)C(=O)O.CC(O)C[N+](C)(C)C. The first-order chi connectivity index (χ1) is 6.06. The highest BCUT2D eigenvalue weighted by Gasteiger charge is 2.09. The topological polar surface area (TPSA) is 57.5 Å². The van der Waals surface area contributed by atoms with Crippen molar-refractivity contribution in [2.24, 2.45) is 0 Å². The molecule has 0 rings (SSSR count). The van der Waals surface area contributed by atoms with Gasteiger partial charge in [0.2, 0.25) is 0 Å². The molecule has 0 aromatic heterocycles. The molecule has 1 unspecified atom stereocenters. The van der Waals surface area contributed by atoms with Crippen molar-refractivity contribution in [2.75, 3.05) is 27.7 Å². The van der Waals surface area contributed by atoms with Crippen molar-refractivity contribution in [2.45, 2.75) is 20.0 Å². The first kappa shape index (κ1) is 15.6. The second kappa shape index (κ2) is 6.56. The zero-order valence-corrected chi connectivity index (χ0v) is 9.74. The number of nitrogens with zero attached hydrogens (tertiary/aromatic N) is 1. The van der Waals surface area contributed by atoms with Gasteiger partial charge in [-0.15, -0.1) is 0 Å². The summed E-state index contributed by atoms with van der Waals surface area (Å²) in [4.78, 5) is 9.60. The monoisotopic (exact) mass is 204 g/mol. The summed E-state index contributed by atoms with van der Waals surface area (Å²) in [6.07, 6.45) is -0.185. The van der Waals surface area contributed by atoms with Crippen LogP contribution in [0.5, 0.6) is 0 Å². The number of carboxylic acids is 1. The van der Waals surface area contributed by atoms with Gasteiger partial charge in [-0.1, -0.05) is 6.58 Å². The van der Waals surface area contributed by atoms with Crippen LogP contribution < -0.4 is 0 Å². The van der Waals surface area contributed by atoms with Crippen molar-refractivity contribution in [1.82, 2.24) is 0 Å². The summed E-state index contributed by atoms with van der Waals surface area (Å²) in [5, 5.41) is 16.8. The summed E-state index contributed by atoms with van der Waals surface area (Å²) < 4.78 is 0.831. The third-order valence-electron chi connectivity index (χ3n) is 1.18. The predicted octanol–water partition coefficient (Wildman–Crippen LogP) is 0.720. The Bertz CT molecular complexity index is 180. The summed E-state index contributed by atoms with van der Waals surface area (Å²) in [5.41, 5.74) is 0.176. The fourth-order valence-electron chi connectivity index (χ4n) is 0.793. The van der Waals surface area contributed by atoms with Crippen LogP contribution in [0, 0.1) is 0 Å². The Morgan fingerprint density at radius 2 is 1.71 bits per heavy atom. The molecule has 0 saturated heterocycles. The van der Waals surface area contributed by atoms with Crippen molar-refractivity contribution < 1.29 is 19.5 Å². The van der Waals surface area contributed by atoms with Crippen molar-refractivity contribution in [3.63, 3.8) is 0 Å². The Balaban J connectivity index is 0. The molecular formula is C10H22NO3+. The van der Waals surface area contributed by atoms with Gasteiger partial charge in [0.05, 0.1) is 21.1 Å². The Hall–Kier alpha value is -0.870. The lowest BCUT2D eigenvalue weighted by atomic mass is 10.3. The van der Waals surface area contributed by atoms with Gasteiger partial charge in [-0.3, -0.25) is 0 Å². The van der Waals surface area contributed by atoms with E-state index in [0.29, 0.717) is 0 Å². The molecule has 0 bridgehead atoms. The molecule has 14 heavy (non-hydrogen) atoms. The molecule has 0 amide bonds. The van der Waals surface area contributed by atoms with Gasteiger partial charge >= 0.3 is 5.97 Å². The third-order valence-corrected chi connectivity index (χ3v) is 1.18. The Kier molecular flexibility index (Phi) is 7.31. The number of rotatable bonds is 3. The molecule has 0 fully saturated rings. The molecule has 0 aliphatic rings. The Labute approximate surface area is 86.1 Å². The number of hydrogen-bond acceptors (Lipinski definition) is 2. The first-order valence-electron chi connectivity index (χ1n) is 4.43. The predicted molar refractivity (Wildman–Crippen MR) is 57.0 cm³/mol. The highest BCUT2D eigenvalue weighted by molar-refractivity contribution is 5.84. The average Bonchev–Trinajstić information content (AvgIpc) is 1.81. The van der Waals surface area contributed by atoms with E-state index in [-0.39, 0.29) is 11.7 Å². The second-order valence-electron chi connectivity index (χ2n) is 4.41. The van der Waals surface area contributed by atoms with Crippen LogP contribution in [-0.4, -0.2) is 54.5 Å². The minimum Gasteiger partial charge on any atom is -0.478 e. The molecule has 1 atom stereocenters. The molecule has 0 aromatic carbocycles. The normalized spacial score (nSPS) is 12.4. The van der Waals surface area contributed by atoms with Gasteiger partial charge in [-0.25, -0.2) is 4.79 Å². The van der Waals surface area contributed by atoms with Gasteiger partial charge in [0, 0.05) is 5.57 Å². The van der Waals surface area contributed by atoms with Crippen LogP contribution in [0.3, 0.4) is 0 Å². The van der Waals surface area contributed by atoms with E-state index in [2.05, 4.69) is 27.7 Å². The standard InChI is InChI=1S/C6H16NO.C4H6O2/c1-6(8)5-7(2,3)4;1-3(2)4(5)6/h6,8H,5H2,1-4H3;1H2,2H3,(H,5,6)/q+1;. The van der Waals surface area contributed by atoms with Gasteiger partial charge in [0.1, 0.15) is 12.6 Å². The molecular weight excluding hydrogens is 182 g/mol. The van der Waals surface area contributed by atoms with Crippen molar-refractivity contribution in [3.8, 4) is 0 Å². The molecule has 2 N–H and O–H groups in total. The van der Waals surface area contributed by atoms with E-state index in [1.165, 1.54) is 6.92 Å². The summed E-state index contributed by atoms with van der Waals surface area (Å²) in [6, 6.07) is 0. The molecule has 4 nitrogen and oxygen atoms in total. The highest BCUT2D eigenvalue weighted by Crippen LogP contribution is 1.92. The number of quaternary nitrogens is 1. The minimum atomic E-state index is -0.935. The molecule has 0 heterocycles. The minimum absolute atomic E-state index is 0.176. The number of aliphatic hydroxyl groups is 1. The van der Waals surface area contributed by atoms with Crippen LogP contribution >= 0.6 is 0 Å². The van der Waals surface area contributed by atoms with Crippen LogP contribution in [0.1, 0.15) is 13.8 Å². The van der Waals surface area contributed by atoms with E-state index >= 15 is 0 Å². The summed E-state index contributed by atoms with van der Waals surface area (Å²) in [5.74, 6) is -0.935. The maximum atomic E-state index is 9.60. The lowest BCUT2D eigenvalue weighted by Gasteiger charge is -2.24. The summed E-state index contributed by atoms with van der Waals surface area (Å²) in [6.45, 7) is 7.23. The first-order valence-corrected chi connectivity index (χ1v) is 4.43. The second-order valence-corrected chi connectivity index (χ2v) is 4.41. The molecule has 0 saturated carbocycles. The number of aliphatic carboxylic acids is 1. The highest BCUT2D eigenvalue weighted by atomic mass is 16.4. The van der Waals surface area contributed by atoms with Crippen molar-refractivity contribution in [3.05, 3.63) is 12.2 Å². The van der Waals surface area contributed by atoms with Crippen LogP contribution in [0.4, 0.5) is 0 Å². The van der Waals surface area contributed by atoms with E-state index < -0.39 is 5.97 Å². The maximum Gasteiger partial charge on any atom is 0.330 e. The smallest absolute Gasteiger partial charge is 0.330 e. The van der Waals surface area contributed by atoms with E-state index in [0.717, 1.165) is 11.0 Å². The lowest BCUT2D eigenvalue weighted by Crippen LogP contribution is -2.40. The largest absolute Gasteiger partial charge is 0.478 e. The number of aliphatic hydroxyl groups excluding tert-OH is 1. The Morgan fingerprint density at radius 1 is 1.43 bits per heavy atom. The summed E-state index contributed by atoms with van der Waals surface area (Å²) in [7, 11) is 6.19. The van der Waals surface area contributed by atoms with E-state index in [9.17, 15) is 4.79 Å². The van der Waals surface area contributed by atoms with Gasteiger partial charge in [-0.2, -0.15) is 0 Å². The van der Waals surface area contributed by atoms with Gasteiger partial charge in [0.15, 0.2) is 0 Å². The van der Waals surface area contributed by atoms with Gasteiger partial charge < -0.3 is 14.7 Å². The molecule has 4 heteroatoms. The van der Waals surface area contributed by atoms with E-state index in [1.807, 2.05) is 6.92 Å². The molecule has 0 aliphatic heterocycles. The number of hydrogen-bond donors (Lipinski definition) is 2.